The summed E-state index contributed by atoms with van der Waals surface area (Å²) in [6, 6.07) is 0. The first kappa shape index (κ1) is 9.09. The molecule has 2 atom stereocenters. The highest BCUT2D eigenvalue weighted by Crippen LogP contribution is 2.40. The number of hydrogen-bond acceptors (Lipinski definition) is 4. The normalized spacial score (nSPS) is 28.2. The number of hydrogen-bond donors (Lipinski definition) is 1. The molecular formula is C9H15N3S. The number of nitrogens with two attached hydrogens (primary N) is 1. The van der Waals surface area contributed by atoms with Crippen LogP contribution in [0.5, 0.6) is 0 Å². The molecule has 0 bridgehead atoms. The minimum atomic E-state index is 0.527. The van der Waals surface area contributed by atoms with Gasteiger partial charge in [0.05, 0.1) is 0 Å². The van der Waals surface area contributed by atoms with E-state index in [-0.39, 0.29) is 0 Å². The summed E-state index contributed by atoms with van der Waals surface area (Å²) in [4.78, 5) is 0. The van der Waals surface area contributed by atoms with Crippen molar-refractivity contribution in [2.45, 2.75) is 38.6 Å². The lowest BCUT2D eigenvalue weighted by Crippen LogP contribution is -2.00. The third-order valence-corrected chi connectivity index (χ3v) is 3.91. The van der Waals surface area contributed by atoms with E-state index < -0.39 is 0 Å². The summed E-state index contributed by atoms with van der Waals surface area (Å²) in [5.41, 5.74) is 5.50. The fourth-order valence-corrected chi connectivity index (χ4v) is 3.00. The van der Waals surface area contributed by atoms with Crippen LogP contribution in [0.15, 0.2) is 0 Å². The first-order valence-electron chi connectivity index (χ1n) is 4.83. The highest BCUT2D eigenvalue weighted by atomic mass is 32.1. The Balaban J connectivity index is 2.15. The minimum Gasteiger partial charge on any atom is -0.324 e. The average Bonchev–Trinajstić information content (AvgIpc) is 2.71. The lowest BCUT2D eigenvalue weighted by atomic mass is 9.99. The number of nitrogens with zero attached hydrogens (tertiary/aromatic N) is 2. The smallest absolute Gasteiger partial charge is 0.131 e. The monoisotopic (exact) mass is 197 g/mol. The molecule has 13 heavy (non-hydrogen) atoms. The zero-order valence-corrected chi connectivity index (χ0v) is 8.68. The Morgan fingerprint density at radius 1 is 1.46 bits per heavy atom. The van der Waals surface area contributed by atoms with E-state index in [1.165, 1.54) is 24.3 Å². The van der Waals surface area contributed by atoms with Crippen LogP contribution in [0.1, 0.15) is 42.1 Å². The SMILES string of the molecule is CC1CCCC1c1nnc(CN)s1. The highest BCUT2D eigenvalue weighted by Gasteiger charge is 2.27. The molecule has 1 heterocycles. The Labute approximate surface area is 82.4 Å². The second kappa shape index (κ2) is 3.72. The molecule has 2 N–H and O–H groups in total. The van der Waals surface area contributed by atoms with Gasteiger partial charge in [-0.1, -0.05) is 31.1 Å². The van der Waals surface area contributed by atoms with Gasteiger partial charge in [-0.15, -0.1) is 10.2 Å². The zero-order chi connectivity index (χ0) is 9.26. The van der Waals surface area contributed by atoms with Crippen molar-refractivity contribution < 1.29 is 0 Å². The van der Waals surface area contributed by atoms with Crippen LogP contribution < -0.4 is 5.73 Å². The maximum atomic E-state index is 5.50. The Morgan fingerprint density at radius 3 is 2.85 bits per heavy atom. The van der Waals surface area contributed by atoms with E-state index in [4.69, 9.17) is 5.73 Å². The lowest BCUT2D eigenvalue weighted by Gasteiger charge is -2.09. The van der Waals surface area contributed by atoms with E-state index in [1.807, 2.05) is 0 Å². The summed E-state index contributed by atoms with van der Waals surface area (Å²) >= 11 is 1.69. The van der Waals surface area contributed by atoms with Crippen molar-refractivity contribution in [2.75, 3.05) is 0 Å². The third kappa shape index (κ3) is 1.74. The highest BCUT2D eigenvalue weighted by molar-refractivity contribution is 7.11. The largest absolute Gasteiger partial charge is 0.324 e. The third-order valence-electron chi connectivity index (χ3n) is 2.84. The van der Waals surface area contributed by atoms with Crippen LogP contribution in [0.4, 0.5) is 0 Å². The Bertz CT molecular complexity index is 284. The first-order chi connectivity index (χ1) is 6.31. The molecule has 1 aliphatic rings. The average molecular weight is 197 g/mol. The first-order valence-corrected chi connectivity index (χ1v) is 5.65. The Hall–Kier alpha value is -0.480. The molecule has 3 nitrogen and oxygen atoms in total. The molecule has 0 spiro atoms. The number of aromatic nitrogens is 2. The van der Waals surface area contributed by atoms with Crippen molar-refractivity contribution in [3.63, 3.8) is 0 Å². The van der Waals surface area contributed by atoms with Crippen LogP contribution in [0, 0.1) is 5.92 Å². The lowest BCUT2D eigenvalue weighted by molar-refractivity contribution is 0.527. The quantitative estimate of drug-likeness (QED) is 0.787. The van der Waals surface area contributed by atoms with Crippen molar-refractivity contribution in [2.24, 2.45) is 11.7 Å². The van der Waals surface area contributed by atoms with Gasteiger partial charge in [0.25, 0.3) is 0 Å². The van der Waals surface area contributed by atoms with E-state index in [9.17, 15) is 0 Å². The molecule has 0 radical (unpaired) electrons. The summed E-state index contributed by atoms with van der Waals surface area (Å²) in [7, 11) is 0. The van der Waals surface area contributed by atoms with Crippen molar-refractivity contribution in [3.05, 3.63) is 10.0 Å². The van der Waals surface area contributed by atoms with Crippen LogP contribution in [-0.2, 0) is 6.54 Å². The molecule has 72 valence electrons. The summed E-state index contributed by atoms with van der Waals surface area (Å²) < 4.78 is 0. The summed E-state index contributed by atoms with van der Waals surface area (Å²) in [5, 5.41) is 10.4. The van der Waals surface area contributed by atoms with Crippen LogP contribution >= 0.6 is 11.3 Å². The molecule has 0 amide bonds. The molecule has 0 aliphatic heterocycles. The topological polar surface area (TPSA) is 51.8 Å². The van der Waals surface area contributed by atoms with Gasteiger partial charge in [-0.05, 0) is 12.3 Å². The van der Waals surface area contributed by atoms with Gasteiger partial charge in [-0.25, -0.2) is 0 Å². The fraction of sp³-hybridized carbons (Fsp3) is 0.778. The van der Waals surface area contributed by atoms with Gasteiger partial charge in [0.1, 0.15) is 10.0 Å². The Kier molecular flexibility index (Phi) is 2.60. The maximum absolute atomic E-state index is 5.50. The molecule has 0 aromatic carbocycles. The molecule has 1 aromatic heterocycles. The second-order valence-corrected chi connectivity index (χ2v) is 4.85. The second-order valence-electron chi connectivity index (χ2n) is 3.75. The van der Waals surface area contributed by atoms with Gasteiger partial charge < -0.3 is 5.73 Å². The summed E-state index contributed by atoms with van der Waals surface area (Å²) in [5.74, 6) is 1.43. The van der Waals surface area contributed by atoms with Crippen molar-refractivity contribution >= 4 is 11.3 Å². The van der Waals surface area contributed by atoms with Gasteiger partial charge in [0, 0.05) is 12.5 Å². The molecule has 2 rings (SSSR count). The predicted molar refractivity (Wildman–Crippen MR) is 53.6 cm³/mol. The van der Waals surface area contributed by atoms with Crippen LogP contribution in [0.2, 0.25) is 0 Å². The molecule has 1 aliphatic carbocycles. The molecule has 2 unspecified atom stereocenters. The zero-order valence-electron chi connectivity index (χ0n) is 7.86. The molecular weight excluding hydrogens is 182 g/mol. The molecule has 4 heteroatoms. The molecule has 1 saturated carbocycles. The van der Waals surface area contributed by atoms with Crippen LogP contribution in [-0.4, -0.2) is 10.2 Å². The van der Waals surface area contributed by atoms with Crippen LogP contribution in [0.3, 0.4) is 0 Å². The summed E-state index contributed by atoms with van der Waals surface area (Å²) in [6.07, 6.45) is 3.95. The van der Waals surface area contributed by atoms with E-state index in [0.29, 0.717) is 12.5 Å². The van der Waals surface area contributed by atoms with Gasteiger partial charge in [-0.2, -0.15) is 0 Å². The van der Waals surface area contributed by atoms with Gasteiger partial charge in [0.2, 0.25) is 0 Å². The molecule has 1 aromatic rings. The van der Waals surface area contributed by atoms with Gasteiger partial charge in [-0.3, -0.25) is 0 Å². The van der Waals surface area contributed by atoms with E-state index >= 15 is 0 Å². The van der Waals surface area contributed by atoms with E-state index in [2.05, 4.69) is 17.1 Å². The van der Waals surface area contributed by atoms with E-state index in [0.717, 1.165) is 10.9 Å². The minimum absolute atomic E-state index is 0.527. The fourth-order valence-electron chi connectivity index (χ4n) is 2.01. The van der Waals surface area contributed by atoms with Crippen molar-refractivity contribution in [1.29, 1.82) is 0 Å². The molecule has 0 saturated heterocycles. The van der Waals surface area contributed by atoms with Gasteiger partial charge >= 0.3 is 0 Å². The number of rotatable bonds is 2. The maximum Gasteiger partial charge on any atom is 0.131 e. The molecule has 1 fully saturated rings. The van der Waals surface area contributed by atoms with Crippen molar-refractivity contribution in [3.8, 4) is 0 Å². The summed E-state index contributed by atoms with van der Waals surface area (Å²) in [6.45, 7) is 2.83. The Morgan fingerprint density at radius 2 is 2.31 bits per heavy atom. The van der Waals surface area contributed by atoms with Crippen molar-refractivity contribution in [1.82, 2.24) is 10.2 Å². The standard InChI is InChI=1S/C9H15N3S/c1-6-3-2-4-7(6)9-12-11-8(5-10)13-9/h6-7H,2-5,10H2,1H3. The van der Waals surface area contributed by atoms with Crippen LogP contribution in [0.25, 0.3) is 0 Å². The predicted octanol–water partition coefficient (Wildman–Crippen LogP) is 1.90. The van der Waals surface area contributed by atoms with Gasteiger partial charge in [0.15, 0.2) is 0 Å². The van der Waals surface area contributed by atoms with E-state index in [1.54, 1.807) is 11.3 Å².